The maximum Gasteiger partial charge on any atom is 0.376 e. The SMILES string of the molecule is COC(=O)CC#Cc1cnc(C(=O)OC)nc1. The first-order valence-corrected chi connectivity index (χ1v) is 4.63. The van der Waals surface area contributed by atoms with Crippen molar-refractivity contribution in [2.45, 2.75) is 6.42 Å². The number of ether oxygens (including phenoxy) is 2. The molecule has 1 aromatic rings. The zero-order chi connectivity index (χ0) is 12.7. The first-order valence-electron chi connectivity index (χ1n) is 4.63. The van der Waals surface area contributed by atoms with E-state index >= 15 is 0 Å². The Hall–Kier alpha value is -2.42. The molecule has 17 heavy (non-hydrogen) atoms. The van der Waals surface area contributed by atoms with E-state index in [1.807, 2.05) is 0 Å². The summed E-state index contributed by atoms with van der Waals surface area (Å²) in [4.78, 5) is 29.3. The van der Waals surface area contributed by atoms with Gasteiger partial charge in [-0.2, -0.15) is 0 Å². The molecule has 0 spiro atoms. The van der Waals surface area contributed by atoms with E-state index in [2.05, 4.69) is 31.3 Å². The highest BCUT2D eigenvalue weighted by molar-refractivity contribution is 5.84. The molecule has 0 amide bonds. The normalized spacial score (nSPS) is 8.82. The van der Waals surface area contributed by atoms with Crippen molar-refractivity contribution in [2.75, 3.05) is 14.2 Å². The lowest BCUT2D eigenvalue weighted by atomic mass is 10.3. The van der Waals surface area contributed by atoms with Crippen LogP contribution in [0.25, 0.3) is 0 Å². The number of rotatable bonds is 2. The van der Waals surface area contributed by atoms with Gasteiger partial charge in [0, 0.05) is 12.4 Å². The number of nitrogens with zero attached hydrogens (tertiary/aromatic N) is 2. The highest BCUT2D eigenvalue weighted by Gasteiger charge is 2.07. The number of esters is 2. The average molecular weight is 234 g/mol. The van der Waals surface area contributed by atoms with Crippen molar-refractivity contribution in [3.8, 4) is 11.8 Å². The van der Waals surface area contributed by atoms with E-state index in [-0.39, 0.29) is 12.2 Å². The Morgan fingerprint density at radius 2 is 1.88 bits per heavy atom. The number of carbonyl (C=O) groups excluding carboxylic acids is 2. The minimum Gasteiger partial charge on any atom is -0.468 e. The Morgan fingerprint density at radius 3 is 2.41 bits per heavy atom. The second kappa shape index (κ2) is 6.23. The Morgan fingerprint density at radius 1 is 1.24 bits per heavy atom. The molecular formula is C11H10N2O4. The molecule has 0 aliphatic carbocycles. The minimum absolute atomic E-state index is 0.00471. The quantitative estimate of drug-likeness (QED) is 0.536. The molecule has 0 saturated heterocycles. The summed E-state index contributed by atoms with van der Waals surface area (Å²) in [6.45, 7) is 0. The van der Waals surface area contributed by atoms with Gasteiger partial charge in [-0.3, -0.25) is 4.79 Å². The van der Waals surface area contributed by atoms with Crippen LogP contribution in [0.1, 0.15) is 22.6 Å². The summed E-state index contributed by atoms with van der Waals surface area (Å²) >= 11 is 0. The Balaban J connectivity index is 2.68. The minimum atomic E-state index is -0.612. The van der Waals surface area contributed by atoms with Gasteiger partial charge < -0.3 is 9.47 Å². The maximum absolute atomic E-state index is 11.0. The van der Waals surface area contributed by atoms with Gasteiger partial charge in [0.2, 0.25) is 5.82 Å². The van der Waals surface area contributed by atoms with Gasteiger partial charge in [-0.1, -0.05) is 11.8 Å². The first-order chi connectivity index (χ1) is 8.17. The molecule has 0 aliphatic rings. The fraction of sp³-hybridized carbons (Fsp3) is 0.273. The van der Waals surface area contributed by atoms with Gasteiger partial charge in [0.1, 0.15) is 6.42 Å². The number of carbonyl (C=O) groups is 2. The summed E-state index contributed by atoms with van der Waals surface area (Å²) in [5.41, 5.74) is 0.501. The third-order valence-electron chi connectivity index (χ3n) is 1.71. The van der Waals surface area contributed by atoms with Crippen LogP contribution in [-0.4, -0.2) is 36.1 Å². The number of hydrogen-bond donors (Lipinski definition) is 0. The Kier molecular flexibility index (Phi) is 4.63. The first kappa shape index (κ1) is 12.6. The van der Waals surface area contributed by atoms with E-state index in [0.29, 0.717) is 5.56 Å². The Labute approximate surface area is 98.0 Å². The molecule has 0 aliphatic heterocycles. The van der Waals surface area contributed by atoms with Gasteiger partial charge in [-0.15, -0.1) is 0 Å². The highest BCUT2D eigenvalue weighted by atomic mass is 16.5. The van der Waals surface area contributed by atoms with Crippen LogP contribution in [0.4, 0.5) is 0 Å². The van der Waals surface area contributed by atoms with E-state index in [4.69, 9.17) is 0 Å². The summed E-state index contributed by atoms with van der Waals surface area (Å²) in [6, 6.07) is 0. The number of aromatic nitrogens is 2. The number of methoxy groups -OCH3 is 2. The molecule has 1 rings (SSSR count). The highest BCUT2D eigenvalue weighted by Crippen LogP contribution is 1.96. The molecule has 0 bridgehead atoms. The van der Waals surface area contributed by atoms with Gasteiger partial charge in [0.05, 0.1) is 19.8 Å². The lowest BCUT2D eigenvalue weighted by Gasteiger charge is -1.96. The molecule has 1 aromatic heterocycles. The van der Waals surface area contributed by atoms with Crippen molar-refractivity contribution < 1.29 is 19.1 Å². The molecule has 0 radical (unpaired) electrons. The third kappa shape index (κ3) is 3.91. The fourth-order valence-corrected chi connectivity index (χ4v) is 0.880. The third-order valence-corrected chi connectivity index (χ3v) is 1.71. The second-order valence-electron chi connectivity index (χ2n) is 2.84. The van der Waals surface area contributed by atoms with Crippen LogP contribution in [0.15, 0.2) is 12.4 Å². The molecule has 6 heteroatoms. The molecule has 0 unspecified atom stereocenters. The molecule has 0 N–H and O–H groups in total. The lowest BCUT2D eigenvalue weighted by Crippen LogP contribution is -2.06. The Bertz CT molecular complexity index is 470. The van der Waals surface area contributed by atoms with Crippen LogP contribution in [-0.2, 0) is 14.3 Å². The largest absolute Gasteiger partial charge is 0.468 e. The van der Waals surface area contributed by atoms with Gasteiger partial charge in [-0.25, -0.2) is 14.8 Å². The molecule has 6 nitrogen and oxygen atoms in total. The fourth-order valence-electron chi connectivity index (χ4n) is 0.880. The second-order valence-corrected chi connectivity index (χ2v) is 2.84. The van der Waals surface area contributed by atoms with E-state index in [1.54, 1.807) is 0 Å². The topological polar surface area (TPSA) is 78.4 Å². The van der Waals surface area contributed by atoms with Gasteiger partial charge in [0.15, 0.2) is 0 Å². The molecule has 0 atom stereocenters. The van der Waals surface area contributed by atoms with Crippen LogP contribution >= 0.6 is 0 Å². The summed E-state index contributed by atoms with van der Waals surface area (Å²) in [5.74, 6) is 4.20. The van der Waals surface area contributed by atoms with Gasteiger partial charge >= 0.3 is 11.9 Å². The lowest BCUT2D eigenvalue weighted by molar-refractivity contribution is -0.139. The van der Waals surface area contributed by atoms with E-state index in [9.17, 15) is 9.59 Å². The van der Waals surface area contributed by atoms with E-state index < -0.39 is 11.9 Å². The molecule has 1 heterocycles. The predicted octanol–water partition coefficient (Wildman–Crippen LogP) is 0.178. The van der Waals surface area contributed by atoms with Crippen LogP contribution in [0.5, 0.6) is 0 Å². The number of hydrogen-bond acceptors (Lipinski definition) is 6. The van der Waals surface area contributed by atoms with Gasteiger partial charge in [-0.05, 0) is 0 Å². The van der Waals surface area contributed by atoms with E-state index in [0.717, 1.165) is 0 Å². The van der Waals surface area contributed by atoms with Crippen LogP contribution in [0.3, 0.4) is 0 Å². The van der Waals surface area contributed by atoms with Crippen molar-refractivity contribution >= 4 is 11.9 Å². The molecule has 88 valence electrons. The maximum atomic E-state index is 11.0. The standard InChI is InChI=1S/C11H10N2O4/c1-16-9(14)5-3-4-8-6-12-10(13-7-8)11(15)17-2/h6-7H,5H2,1-2H3. The molecule has 0 saturated carbocycles. The van der Waals surface area contributed by atoms with Crippen LogP contribution in [0.2, 0.25) is 0 Å². The van der Waals surface area contributed by atoms with Crippen molar-refractivity contribution in [1.82, 2.24) is 9.97 Å². The van der Waals surface area contributed by atoms with E-state index in [1.165, 1.54) is 26.6 Å². The molecular weight excluding hydrogens is 224 g/mol. The zero-order valence-corrected chi connectivity index (χ0v) is 9.39. The molecule has 0 fully saturated rings. The predicted molar refractivity (Wildman–Crippen MR) is 56.9 cm³/mol. The summed E-state index contributed by atoms with van der Waals surface area (Å²) in [7, 11) is 2.54. The smallest absolute Gasteiger partial charge is 0.376 e. The summed E-state index contributed by atoms with van der Waals surface area (Å²) in [5, 5.41) is 0. The summed E-state index contributed by atoms with van der Waals surface area (Å²) < 4.78 is 8.86. The average Bonchev–Trinajstić information content (AvgIpc) is 2.38. The zero-order valence-electron chi connectivity index (χ0n) is 9.39. The van der Waals surface area contributed by atoms with Crippen LogP contribution in [0, 0.1) is 11.8 Å². The van der Waals surface area contributed by atoms with Crippen molar-refractivity contribution in [2.24, 2.45) is 0 Å². The van der Waals surface area contributed by atoms with Crippen molar-refractivity contribution in [3.05, 3.63) is 23.8 Å². The van der Waals surface area contributed by atoms with Gasteiger partial charge in [0.25, 0.3) is 0 Å². The monoisotopic (exact) mass is 234 g/mol. The van der Waals surface area contributed by atoms with Crippen molar-refractivity contribution in [1.29, 1.82) is 0 Å². The summed E-state index contributed by atoms with van der Waals surface area (Å²) in [6.07, 6.45) is 2.75. The molecule has 0 aromatic carbocycles. The van der Waals surface area contributed by atoms with Crippen LogP contribution < -0.4 is 0 Å². The van der Waals surface area contributed by atoms with Crippen molar-refractivity contribution in [3.63, 3.8) is 0 Å².